The van der Waals surface area contributed by atoms with Crippen LogP contribution in [0, 0.1) is 0 Å². The molecule has 0 saturated carbocycles. The fraction of sp³-hybridized carbons (Fsp3) is 0.875. The molecule has 1 heterocycles. The van der Waals surface area contributed by atoms with Gasteiger partial charge in [0.25, 0.3) is 0 Å². The standard InChI is InChI=1S/C8H16NO2P/c1-2-3-5-11-8(10)7-4-6-12-9-7/h7,9,12H,2-6H2,1H3/t7-/m0/s1. The molecule has 0 bridgehead atoms. The van der Waals surface area contributed by atoms with Gasteiger partial charge in [0.1, 0.15) is 6.04 Å². The summed E-state index contributed by atoms with van der Waals surface area (Å²) in [6, 6.07) is -0.0137. The molecular formula is C8H16NO2P. The lowest BCUT2D eigenvalue weighted by Gasteiger charge is -2.08. The van der Waals surface area contributed by atoms with E-state index in [1.165, 1.54) is 0 Å². The molecule has 0 aromatic heterocycles. The number of rotatable bonds is 4. The molecule has 4 heteroatoms. The minimum atomic E-state index is -0.0616. The molecule has 0 spiro atoms. The molecule has 2 atom stereocenters. The Morgan fingerprint density at radius 2 is 2.58 bits per heavy atom. The minimum Gasteiger partial charge on any atom is -0.465 e. The highest BCUT2D eigenvalue weighted by molar-refractivity contribution is 7.36. The van der Waals surface area contributed by atoms with Crippen molar-refractivity contribution < 1.29 is 9.53 Å². The summed E-state index contributed by atoms with van der Waals surface area (Å²) < 4.78 is 5.07. The van der Waals surface area contributed by atoms with Crippen LogP contribution in [0.3, 0.4) is 0 Å². The van der Waals surface area contributed by atoms with Gasteiger partial charge in [0.05, 0.1) is 6.61 Å². The number of hydrogen-bond acceptors (Lipinski definition) is 3. The van der Waals surface area contributed by atoms with Crippen LogP contribution in [0.5, 0.6) is 0 Å². The van der Waals surface area contributed by atoms with Crippen molar-refractivity contribution >= 4 is 14.7 Å². The van der Waals surface area contributed by atoms with Crippen LogP contribution in [-0.4, -0.2) is 24.8 Å². The number of carbonyl (C=O) groups excluding carboxylic acids is 1. The number of carbonyl (C=O) groups is 1. The lowest BCUT2D eigenvalue weighted by atomic mass is 10.2. The molecule has 0 aromatic carbocycles. The zero-order valence-corrected chi connectivity index (χ0v) is 8.43. The fourth-order valence-electron chi connectivity index (χ4n) is 1.08. The van der Waals surface area contributed by atoms with Crippen LogP contribution in [0.25, 0.3) is 0 Å². The molecule has 1 fully saturated rings. The summed E-state index contributed by atoms with van der Waals surface area (Å²) in [7, 11) is 0.736. The minimum absolute atomic E-state index is 0.0137. The van der Waals surface area contributed by atoms with E-state index in [9.17, 15) is 4.79 Å². The van der Waals surface area contributed by atoms with Gasteiger partial charge in [-0.1, -0.05) is 22.1 Å². The molecule has 1 saturated heterocycles. The summed E-state index contributed by atoms with van der Waals surface area (Å²) >= 11 is 0. The van der Waals surface area contributed by atoms with Crippen LogP contribution in [0.2, 0.25) is 0 Å². The Labute approximate surface area is 75.1 Å². The van der Waals surface area contributed by atoms with Gasteiger partial charge in [-0.25, -0.2) is 0 Å². The Kier molecular flexibility index (Phi) is 4.55. The largest absolute Gasteiger partial charge is 0.465 e. The van der Waals surface area contributed by atoms with Crippen molar-refractivity contribution in [3.8, 4) is 0 Å². The van der Waals surface area contributed by atoms with Crippen molar-refractivity contribution in [2.75, 3.05) is 12.8 Å². The van der Waals surface area contributed by atoms with Gasteiger partial charge in [-0.05, 0) is 19.0 Å². The van der Waals surface area contributed by atoms with E-state index >= 15 is 0 Å². The fourth-order valence-corrected chi connectivity index (χ4v) is 2.16. The number of nitrogens with one attached hydrogen (secondary N) is 1. The lowest BCUT2D eigenvalue weighted by molar-refractivity contribution is -0.145. The third-order valence-electron chi connectivity index (χ3n) is 1.86. The molecule has 0 amide bonds. The average Bonchev–Trinajstić information content (AvgIpc) is 2.56. The first kappa shape index (κ1) is 9.94. The molecule has 3 nitrogen and oxygen atoms in total. The van der Waals surface area contributed by atoms with Gasteiger partial charge in [-0.3, -0.25) is 9.88 Å². The smallest absolute Gasteiger partial charge is 0.323 e. The van der Waals surface area contributed by atoms with Gasteiger partial charge in [0.2, 0.25) is 0 Å². The highest BCUT2D eigenvalue weighted by Crippen LogP contribution is 2.19. The van der Waals surface area contributed by atoms with Crippen LogP contribution in [-0.2, 0) is 9.53 Å². The van der Waals surface area contributed by atoms with Gasteiger partial charge >= 0.3 is 5.97 Å². The van der Waals surface area contributed by atoms with E-state index in [-0.39, 0.29) is 12.0 Å². The van der Waals surface area contributed by atoms with E-state index in [1.54, 1.807) is 0 Å². The van der Waals surface area contributed by atoms with Crippen molar-refractivity contribution in [3.63, 3.8) is 0 Å². The van der Waals surface area contributed by atoms with E-state index in [1.807, 2.05) is 0 Å². The van der Waals surface area contributed by atoms with E-state index < -0.39 is 0 Å². The maximum Gasteiger partial charge on any atom is 0.323 e. The highest BCUT2D eigenvalue weighted by atomic mass is 31.1. The Morgan fingerprint density at radius 1 is 1.75 bits per heavy atom. The second kappa shape index (κ2) is 5.50. The summed E-state index contributed by atoms with van der Waals surface area (Å²) in [4.78, 5) is 11.2. The Hall–Kier alpha value is -0.140. The summed E-state index contributed by atoms with van der Waals surface area (Å²) in [6.45, 7) is 2.67. The van der Waals surface area contributed by atoms with Crippen molar-refractivity contribution in [1.29, 1.82) is 0 Å². The van der Waals surface area contributed by atoms with Gasteiger partial charge in [-0.15, -0.1) is 0 Å². The number of hydrogen-bond donors (Lipinski definition) is 1. The molecule has 0 aliphatic carbocycles. The van der Waals surface area contributed by atoms with Gasteiger partial charge in [0.15, 0.2) is 0 Å². The van der Waals surface area contributed by atoms with Crippen LogP contribution >= 0.6 is 8.73 Å². The topological polar surface area (TPSA) is 38.3 Å². The Bertz CT molecular complexity index is 146. The van der Waals surface area contributed by atoms with Crippen LogP contribution in [0.15, 0.2) is 0 Å². The normalized spacial score (nSPS) is 24.6. The second-order valence-electron chi connectivity index (χ2n) is 2.93. The van der Waals surface area contributed by atoms with Gasteiger partial charge in [-0.2, -0.15) is 0 Å². The molecule has 12 heavy (non-hydrogen) atoms. The molecular weight excluding hydrogens is 173 g/mol. The summed E-state index contributed by atoms with van der Waals surface area (Å²) in [5, 5.41) is 3.14. The first-order chi connectivity index (χ1) is 5.84. The molecule has 0 aromatic rings. The number of unbranched alkanes of at least 4 members (excludes halogenated alkanes) is 1. The number of ether oxygens (including phenoxy) is 1. The van der Waals surface area contributed by atoms with Crippen LogP contribution in [0.1, 0.15) is 26.2 Å². The Morgan fingerprint density at radius 3 is 3.17 bits per heavy atom. The zero-order chi connectivity index (χ0) is 8.81. The quantitative estimate of drug-likeness (QED) is 0.411. The first-order valence-corrected chi connectivity index (χ1v) is 5.70. The maximum atomic E-state index is 11.2. The number of esters is 1. The summed E-state index contributed by atoms with van der Waals surface area (Å²) in [5.74, 6) is -0.0616. The highest BCUT2D eigenvalue weighted by Gasteiger charge is 2.22. The maximum absolute atomic E-state index is 11.2. The molecule has 1 aliphatic heterocycles. The predicted molar refractivity (Wildman–Crippen MR) is 50.6 cm³/mol. The SMILES string of the molecule is CCCCOC(=O)[C@@H]1CCPN1. The molecule has 1 aliphatic rings. The molecule has 70 valence electrons. The van der Waals surface area contributed by atoms with E-state index in [0.717, 1.165) is 34.2 Å². The van der Waals surface area contributed by atoms with E-state index in [2.05, 4.69) is 12.0 Å². The average molecular weight is 189 g/mol. The van der Waals surface area contributed by atoms with Crippen molar-refractivity contribution in [1.82, 2.24) is 5.09 Å². The van der Waals surface area contributed by atoms with Crippen molar-refractivity contribution in [2.45, 2.75) is 32.2 Å². The van der Waals surface area contributed by atoms with E-state index in [4.69, 9.17) is 4.74 Å². The van der Waals surface area contributed by atoms with Crippen LogP contribution in [0.4, 0.5) is 0 Å². The molecule has 1 rings (SSSR count). The third kappa shape index (κ3) is 3.08. The predicted octanol–water partition coefficient (Wildman–Crippen LogP) is 1.29. The van der Waals surface area contributed by atoms with Gasteiger partial charge < -0.3 is 4.74 Å². The molecule has 1 unspecified atom stereocenters. The van der Waals surface area contributed by atoms with Crippen molar-refractivity contribution in [3.05, 3.63) is 0 Å². The zero-order valence-electron chi connectivity index (χ0n) is 7.43. The molecule has 0 radical (unpaired) electrons. The third-order valence-corrected chi connectivity index (χ3v) is 2.95. The second-order valence-corrected chi connectivity index (χ2v) is 4.08. The summed E-state index contributed by atoms with van der Waals surface area (Å²) in [5.41, 5.74) is 0. The van der Waals surface area contributed by atoms with Crippen molar-refractivity contribution in [2.24, 2.45) is 0 Å². The first-order valence-electron chi connectivity index (χ1n) is 4.49. The lowest BCUT2D eigenvalue weighted by Crippen LogP contribution is -2.29. The summed E-state index contributed by atoms with van der Waals surface area (Å²) in [6.07, 6.45) is 4.12. The Balaban J connectivity index is 2.10. The van der Waals surface area contributed by atoms with Gasteiger partial charge in [0, 0.05) is 0 Å². The monoisotopic (exact) mass is 189 g/mol. The van der Waals surface area contributed by atoms with E-state index in [0.29, 0.717) is 6.61 Å². The molecule has 1 N–H and O–H groups in total. The van der Waals surface area contributed by atoms with Crippen LogP contribution < -0.4 is 5.09 Å².